The van der Waals surface area contributed by atoms with Crippen LogP contribution in [0.25, 0.3) is 10.1 Å². The zero-order chi connectivity index (χ0) is 10.1. The van der Waals surface area contributed by atoms with Crippen molar-refractivity contribution in [3.8, 4) is 0 Å². The van der Waals surface area contributed by atoms with E-state index >= 15 is 0 Å². The SMILES string of the molecule is CCc1cc(C)c2sccc2c1CBr. The van der Waals surface area contributed by atoms with Crippen LogP contribution in [0.2, 0.25) is 0 Å². The monoisotopic (exact) mass is 268 g/mol. The molecular formula is C12H13BrS. The third-order valence-electron chi connectivity index (χ3n) is 2.64. The van der Waals surface area contributed by atoms with Crippen molar-refractivity contribution in [3.05, 3.63) is 34.2 Å². The summed E-state index contributed by atoms with van der Waals surface area (Å²) < 4.78 is 1.44. The van der Waals surface area contributed by atoms with Crippen LogP contribution in [0.1, 0.15) is 23.6 Å². The van der Waals surface area contributed by atoms with Crippen LogP contribution in [-0.4, -0.2) is 0 Å². The summed E-state index contributed by atoms with van der Waals surface area (Å²) in [6.45, 7) is 4.43. The Morgan fingerprint density at radius 2 is 2.21 bits per heavy atom. The van der Waals surface area contributed by atoms with Gasteiger partial charge in [-0.25, -0.2) is 0 Å². The largest absolute Gasteiger partial charge is 0.144 e. The zero-order valence-corrected chi connectivity index (χ0v) is 10.8. The number of hydrogen-bond acceptors (Lipinski definition) is 1. The average molecular weight is 269 g/mol. The van der Waals surface area contributed by atoms with Gasteiger partial charge in [0.1, 0.15) is 0 Å². The Morgan fingerprint density at radius 3 is 2.86 bits per heavy atom. The molecule has 2 heteroatoms. The number of benzene rings is 1. The van der Waals surface area contributed by atoms with Gasteiger partial charge in [-0.2, -0.15) is 0 Å². The van der Waals surface area contributed by atoms with Gasteiger partial charge in [0.2, 0.25) is 0 Å². The first-order valence-electron chi connectivity index (χ1n) is 4.82. The summed E-state index contributed by atoms with van der Waals surface area (Å²) in [5.74, 6) is 0. The van der Waals surface area contributed by atoms with Crippen LogP contribution in [0.4, 0.5) is 0 Å². The van der Waals surface area contributed by atoms with Crippen molar-refractivity contribution in [3.63, 3.8) is 0 Å². The van der Waals surface area contributed by atoms with Gasteiger partial charge >= 0.3 is 0 Å². The van der Waals surface area contributed by atoms with Crippen LogP contribution in [0.15, 0.2) is 17.5 Å². The van der Waals surface area contributed by atoms with Crippen molar-refractivity contribution < 1.29 is 0 Å². The summed E-state index contributed by atoms with van der Waals surface area (Å²) in [4.78, 5) is 0. The second-order valence-corrected chi connectivity index (χ2v) is 4.96. The normalized spacial score (nSPS) is 11.1. The van der Waals surface area contributed by atoms with E-state index in [4.69, 9.17) is 0 Å². The van der Waals surface area contributed by atoms with E-state index in [1.165, 1.54) is 26.8 Å². The van der Waals surface area contributed by atoms with Gasteiger partial charge in [-0.15, -0.1) is 11.3 Å². The fraction of sp³-hybridized carbons (Fsp3) is 0.333. The molecule has 0 bridgehead atoms. The van der Waals surface area contributed by atoms with Crippen molar-refractivity contribution in [2.75, 3.05) is 0 Å². The van der Waals surface area contributed by atoms with Gasteiger partial charge in [-0.05, 0) is 46.9 Å². The molecule has 2 rings (SSSR count). The third kappa shape index (κ3) is 1.51. The van der Waals surface area contributed by atoms with Crippen LogP contribution in [0.3, 0.4) is 0 Å². The molecule has 0 aliphatic carbocycles. The number of thiophene rings is 1. The fourth-order valence-electron chi connectivity index (χ4n) is 1.91. The lowest BCUT2D eigenvalue weighted by Crippen LogP contribution is -1.91. The Bertz CT molecular complexity index is 457. The molecule has 1 aromatic carbocycles. The molecule has 0 saturated heterocycles. The highest BCUT2D eigenvalue weighted by Crippen LogP contribution is 2.31. The Hall–Kier alpha value is -0.340. The minimum Gasteiger partial charge on any atom is -0.144 e. The molecule has 74 valence electrons. The van der Waals surface area contributed by atoms with E-state index < -0.39 is 0 Å². The number of fused-ring (bicyclic) bond motifs is 1. The Kier molecular flexibility index (Phi) is 2.93. The molecule has 0 radical (unpaired) electrons. The lowest BCUT2D eigenvalue weighted by molar-refractivity contribution is 1.11. The fourth-order valence-corrected chi connectivity index (χ4v) is 3.48. The maximum atomic E-state index is 3.58. The maximum Gasteiger partial charge on any atom is 0.0375 e. The predicted octanol–water partition coefficient (Wildman–Crippen LogP) is 4.67. The van der Waals surface area contributed by atoms with Crippen LogP contribution in [0.5, 0.6) is 0 Å². The Labute approximate surface area is 97.1 Å². The molecule has 0 aliphatic rings. The van der Waals surface area contributed by atoms with Gasteiger partial charge < -0.3 is 0 Å². The van der Waals surface area contributed by atoms with Gasteiger partial charge in [0, 0.05) is 10.0 Å². The lowest BCUT2D eigenvalue weighted by atomic mass is 10.00. The molecule has 0 saturated carbocycles. The van der Waals surface area contributed by atoms with Crippen LogP contribution in [-0.2, 0) is 11.8 Å². The summed E-state index contributed by atoms with van der Waals surface area (Å²) in [5, 5.41) is 4.58. The summed E-state index contributed by atoms with van der Waals surface area (Å²) in [7, 11) is 0. The van der Waals surface area contributed by atoms with E-state index in [1.54, 1.807) is 0 Å². The Balaban J connectivity index is 2.82. The minimum atomic E-state index is 0.962. The summed E-state index contributed by atoms with van der Waals surface area (Å²) in [5.41, 5.74) is 4.36. The van der Waals surface area contributed by atoms with Crippen molar-refractivity contribution >= 4 is 37.4 Å². The highest BCUT2D eigenvalue weighted by molar-refractivity contribution is 9.08. The number of alkyl halides is 1. The summed E-state index contributed by atoms with van der Waals surface area (Å²) in [6.07, 6.45) is 1.12. The molecule has 0 unspecified atom stereocenters. The van der Waals surface area contributed by atoms with E-state index in [2.05, 4.69) is 47.3 Å². The van der Waals surface area contributed by atoms with E-state index in [9.17, 15) is 0 Å². The van der Waals surface area contributed by atoms with Gasteiger partial charge in [-0.1, -0.05) is 28.9 Å². The molecule has 14 heavy (non-hydrogen) atoms. The van der Waals surface area contributed by atoms with E-state index in [1.807, 2.05) is 11.3 Å². The van der Waals surface area contributed by atoms with E-state index in [-0.39, 0.29) is 0 Å². The molecule has 0 nitrogen and oxygen atoms in total. The molecule has 0 fully saturated rings. The van der Waals surface area contributed by atoms with Crippen molar-refractivity contribution in [1.29, 1.82) is 0 Å². The van der Waals surface area contributed by atoms with Crippen molar-refractivity contribution in [2.45, 2.75) is 25.6 Å². The smallest absolute Gasteiger partial charge is 0.0375 e. The van der Waals surface area contributed by atoms with Gasteiger partial charge in [0.25, 0.3) is 0 Å². The molecule has 2 aromatic rings. The van der Waals surface area contributed by atoms with Crippen LogP contribution < -0.4 is 0 Å². The number of rotatable bonds is 2. The van der Waals surface area contributed by atoms with E-state index in [0.29, 0.717) is 0 Å². The molecule has 0 atom stereocenters. The predicted molar refractivity (Wildman–Crippen MR) is 68.6 cm³/mol. The highest BCUT2D eigenvalue weighted by atomic mass is 79.9. The van der Waals surface area contributed by atoms with Crippen molar-refractivity contribution in [1.82, 2.24) is 0 Å². The molecule has 0 spiro atoms. The zero-order valence-electron chi connectivity index (χ0n) is 8.43. The van der Waals surface area contributed by atoms with Gasteiger partial charge in [-0.3, -0.25) is 0 Å². The van der Waals surface area contributed by atoms with Gasteiger partial charge in [0.15, 0.2) is 0 Å². The summed E-state index contributed by atoms with van der Waals surface area (Å²) >= 11 is 5.43. The number of halogens is 1. The van der Waals surface area contributed by atoms with E-state index in [0.717, 1.165) is 11.8 Å². The third-order valence-corrected chi connectivity index (χ3v) is 4.25. The number of hydrogen-bond donors (Lipinski definition) is 0. The molecule has 1 heterocycles. The maximum absolute atomic E-state index is 3.58. The molecule has 0 aliphatic heterocycles. The molecule has 1 aromatic heterocycles. The molecular weight excluding hydrogens is 256 g/mol. The second kappa shape index (κ2) is 4.03. The first kappa shape index (κ1) is 10.2. The Morgan fingerprint density at radius 1 is 1.43 bits per heavy atom. The highest BCUT2D eigenvalue weighted by Gasteiger charge is 2.08. The van der Waals surface area contributed by atoms with Crippen molar-refractivity contribution in [2.24, 2.45) is 0 Å². The summed E-state index contributed by atoms with van der Waals surface area (Å²) in [6, 6.07) is 4.57. The second-order valence-electron chi connectivity index (χ2n) is 3.48. The quantitative estimate of drug-likeness (QED) is 0.695. The van der Waals surface area contributed by atoms with Crippen LogP contribution >= 0.6 is 27.3 Å². The minimum absolute atomic E-state index is 0.962. The molecule has 0 amide bonds. The number of aryl methyl sites for hydroxylation is 2. The first-order valence-corrected chi connectivity index (χ1v) is 6.82. The topological polar surface area (TPSA) is 0 Å². The lowest BCUT2D eigenvalue weighted by Gasteiger charge is -2.08. The average Bonchev–Trinajstić information content (AvgIpc) is 2.66. The standard InChI is InChI=1S/C12H13BrS/c1-3-9-6-8(2)12-10(4-5-14-12)11(9)7-13/h4-6H,3,7H2,1-2H3. The van der Waals surface area contributed by atoms with Gasteiger partial charge in [0.05, 0.1) is 0 Å². The first-order chi connectivity index (χ1) is 6.77. The molecule has 0 N–H and O–H groups in total. The van der Waals surface area contributed by atoms with Crippen LogP contribution in [0, 0.1) is 6.92 Å².